The highest BCUT2D eigenvalue weighted by atomic mass is 32.2. The number of pyridine rings is 1. The van der Waals surface area contributed by atoms with Crippen LogP contribution in [0.5, 0.6) is 5.88 Å². The van der Waals surface area contributed by atoms with Crippen molar-refractivity contribution in [1.82, 2.24) is 4.98 Å². The lowest BCUT2D eigenvalue weighted by atomic mass is 10.2. The SMILES string of the molecule is COc1ccc([N-]S(=O)(=O)c2ccccc2C[NH3+])cn1. The Bertz CT molecular complexity index is 684. The molecule has 0 amide bonds. The van der Waals surface area contributed by atoms with Gasteiger partial charge < -0.3 is 15.2 Å². The van der Waals surface area contributed by atoms with Gasteiger partial charge in [0.25, 0.3) is 0 Å². The molecule has 1 aromatic heterocycles. The van der Waals surface area contributed by atoms with Crippen LogP contribution in [0.15, 0.2) is 47.5 Å². The molecule has 106 valence electrons. The van der Waals surface area contributed by atoms with Gasteiger partial charge in [-0.3, -0.25) is 0 Å². The van der Waals surface area contributed by atoms with Crippen LogP contribution in [0.1, 0.15) is 5.56 Å². The van der Waals surface area contributed by atoms with Gasteiger partial charge in [-0.1, -0.05) is 24.3 Å². The lowest BCUT2D eigenvalue weighted by molar-refractivity contribution is -0.387. The topological polar surface area (TPSA) is 98.0 Å². The predicted octanol–water partition coefficient (Wildman–Crippen LogP) is 1.23. The maximum absolute atomic E-state index is 12.3. The summed E-state index contributed by atoms with van der Waals surface area (Å²) >= 11 is 0. The second-order valence-corrected chi connectivity index (χ2v) is 5.56. The normalized spacial score (nSPS) is 11.1. The van der Waals surface area contributed by atoms with E-state index in [9.17, 15) is 8.42 Å². The molecule has 2 aromatic rings. The van der Waals surface area contributed by atoms with Gasteiger partial charge in [0.1, 0.15) is 16.6 Å². The minimum atomic E-state index is -3.77. The van der Waals surface area contributed by atoms with Gasteiger partial charge in [0, 0.05) is 11.8 Å². The third kappa shape index (κ3) is 3.06. The summed E-state index contributed by atoms with van der Waals surface area (Å²) < 4.78 is 33.2. The van der Waals surface area contributed by atoms with Crippen molar-refractivity contribution < 1.29 is 18.9 Å². The summed E-state index contributed by atoms with van der Waals surface area (Å²) in [4.78, 5) is 4.10. The molecular formula is C13H15N3O3S. The summed E-state index contributed by atoms with van der Waals surface area (Å²) in [5.41, 5.74) is 4.62. The summed E-state index contributed by atoms with van der Waals surface area (Å²) in [6.07, 6.45) is 1.35. The van der Waals surface area contributed by atoms with Crippen LogP contribution in [0.2, 0.25) is 0 Å². The Hall–Kier alpha value is -2.12. The van der Waals surface area contributed by atoms with Gasteiger partial charge in [-0.05, 0) is 12.1 Å². The second-order valence-electron chi connectivity index (χ2n) is 3.98. The standard InChI is InChI=1S/C13H14N3O3S/c1-19-13-7-6-11(9-15-13)16-20(17,18)12-5-3-2-4-10(12)8-14/h2-7,9H,8,14H2,1H3/q-1/p+1. The van der Waals surface area contributed by atoms with E-state index in [4.69, 9.17) is 4.74 Å². The molecule has 3 N–H and O–H groups in total. The van der Waals surface area contributed by atoms with E-state index >= 15 is 0 Å². The average molecular weight is 293 g/mol. The second kappa shape index (κ2) is 5.89. The Balaban J connectivity index is 2.30. The number of ether oxygens (including phenoxy) is 1. The average Bonchev–Trinajstić information content (AvgIpc) is 2.47. The van der Waals surface area contributed by atoms with E-state index < -0.39 is 10.0 Å². The van der Waals surface area contributed by atoms with E-state index in [-0.39, 0.29) is 10.6 Å². The first-order valence-corrected chi connectivity index (χ1v) is 7.36. The quantitative estimate of drug-likeness (QED) is 0.896. The smallest absolute Gasteiger partial charge is 0.212 e. The predicted molar refractivity (Wildman–Crippen MR) is 74.0 cm³/mol. The van der Waals surface area contributed by atoms with Crippen molar-refractivity contribution in [3.63, 3.8) is 0 Å². The van der Waals surface area contributed by atoms with Gasteiger partial charge in [-0.25, -0.2) is 13.4 Å². The third-order valence-corrected chi connectivity index (χ3v) is 4.08. The Labute approximate surface area is 117 Å². The highest BCUT2D eigenvalue weighted by Crippen LogP contribution is 2.29. The van der Waals surface area contributed by atoms with Crippen molar-refractivity contribution in [2.45, 2.75) is 11.4 Å². The van der Waals surface area contributed by atoms with Crippen molar-refractivity contribution in [2.75, 3.05) is 7.11 Å². The third-order valence-electron chi connectivity index (χ3n) is 2.68. The summed E-state index contributed by atoms with van der Waals surface area (Å²) in [6, 6.07) is 9.78. The van der Waals surface area contributed by atoms with E-state index in [1.165, 1.54) is 25.4 Å². The molecule has 0 unspecified atom stereocenters. The van der Waals surface area contributed by atoms with Crippen molar-refractivity contribution in [2.24, 2.45) is 0 Å². The number of benzene rings is 1. The fourth-order valence-electron chi connectivity index (χ4n) is 1.70. The van der Waals surface area contributed by atoms with Crippen molar-refractivity contribution in [3.8, 4) is 5.88 Å². The maximum atomic E-state index is 12.3. The molecule has 2 rings (SSSR count). The zero-order valence-electron chi connectivity index (χ0n) is 11.0. The first-order valence-electron chi connectivity index (χ1n) is 5.92. The molecule has 0 bridgehead atoms. The molecule has 0 fully saturated rings. The Morgan fingerprint density at radius 2 is 2.00 bits per heavy atom. The molecule has 20 heavy (non-hydrogen) atoms. The number of rotatable bonds is 5. The number of hydrogen-bond acceptors (Lipinski definition) is 4. The summed E-state index contributed by atoms with van der Waals surface area (Å²) in [6.45, 7) is 0.381. The lowest BCUT2D eigenvalue weighted by Gasteiger charge is -2.22. The summed E-state index contributed by atoms with van der Waals surface area (Å²) in [5, 5.41) is 0. The molecule has 0 atom stereocenters. The first-order chi connectivity index (χ1) is 9.56. The van der Waals surface area contributed by atoms with Crippen LogP contribution in [-0.2, 0) is 16.6 Å². The lowest BCUT2D eigenvalue weighted by Crippen LogP contribution is -2.47. The van der Waals surface area contributed by atoms with Crippen molar-refractivity contribution in [3.05, 3.63) is 52.9 Å². The van der Waals surface area contributed by atoms with Gasteiger partial charge in [-0.2, -0.15) is 0 Å². The largest absolute Gasteiger partial charge is 0.571 e. The molecule has 0 radical (unpaired) electrons. The van der Waals surface area contributed by atoms with Gasteiger partial charge in [0.15, 0.2) is 0 Å². The molecule has 0 spiro atoms. The number of quaternary nitrogens is 1. The number of hydrogen-bond donors (Lipinski definition) is 1. The molecule has 0 saturated heterocycles. The highest BCUT2D eigenvalue weighted by Gasteiger charge is 2.10. The zero-order valence-corrected chi connectivity index (χ0v) is 11.8. The van der Waals surface area contributed by atoms with Gasteiger partial charge >= 0.3 is 0 Å². The summed E-state index contributed by atoms with van der Waals surface area (Å²) in [7, 11) is -2.28. The fraction of sp³-hybridized carbons (Fsp3) is 0.154. The molecule has 1 heterocycles. The van der Waals surface area contributed by atoms with Crippen molar-refractivity contribution >= 4 is 15.7 Å². The van der Waals surface area contributed by atoms with Crippen LogP contribution < -0.4 is 10.5 Å². The van der Waals surface area contributed by atoms with E-state index in [2.05, 4.69) is 15.4 Å². The summed E-state index contributed by atoms with van der Waals surface area (Å²) in [5.74, 6) is 0.402. The molecule has 7 heteroatoms. The van der Waals surface area contributed by atoms with Gasteiger partial charge in [0.2, 0.25) is 5.88 Å². The zero-order chi connectivity index (χ0) is 14.6. The number of aromatic nitrogens is 1. The molecule has 0 aliphatic rings. The minimum absolute atomic E-state index is 0.172. The van der Waals surface area contributed by atoms with E-state index in [1.54, 1.807) is 24.3 Å². The van der Waals surface area contributed by atoms with Crippen LogP contribution >= 0.6 is 0 Å². The monoisotopic (exact) mass is 293 g/mol. The molecule has 0 aliphatic heterocycles. The van der Waals surface area contributed by atoms with Crippen LogP contribution in [-0.4, -0.2) is 20.5 Å². The molecule has 6 nitrogen and oxygen atoms in total. The Kier molecular flexibility index (Phi) is 4.21. The Morgan fingerprint density at radius 3 is 2.60 bits per heavy atom. The van der Waals surface area contributed by atoms with Crippen LogP contribution in [0.25, 0.3) is 4.72 Å². The molecule has 1 aromatic carbocycles. The maximum Gasteiger partial charge on any atom is 0.212 e. The van der Waals surface area contributed by atoms with Gasteiger partial charge in [-0.15, -0.1) is 5.69 Å². The van der Waals surface area contributed by atoms with Crippen LogP contribution in [0.4, 0.5) is 5.69 Å². The van der Waals surface area contributed by atoms with E-state index in [0.29, 0.717) is 18.0 Å². The molecule has 0 saturated carbocycles. The molecule has 0 aliphatic carbocycles. The van der Waals surface area contributed by atoms with E-state index in [1.807, 2.05) is 0 Å². The highest BCUT2D eigenvalue weighted by molar-refractivity contribution is 7.94. The number of sulfonamides is 1. The Morgan fingerprint density at radius 1 is 1.25 bits per heavy atom. The molecular weight excluding hydrogens is 278 g/mol. The first kappa shape index (κ1) is 14.3. The van der Waals surface area contributed by atoms with Crippen LogP contribution in [0.3, 0.4) is 0 Å². The number of nitrogens with zero attached hydrogens (tertiary/aromatic N) is 2. The minimum Gasteiger partial charge on any atom is -0.571 e. The van der Waals surface area contributed by atoms with Crippen molar-refractivity contribution in [1.29, 1.82) is 0 Å². The fourth-order valence-corrected chi connectivity index (χ4v) is 2.93. The van der Waals surface area contributed by atoms with Gasteiger partial charge in [0.05, 0.1) is 12.0 Å². The van der Waals surface area contributed by atoms with E-state index in [0.717, 1.165) is 0 Å². The number of methoxy groups -OCH3 is 1. The van der Waals surface area contributed by atoms with Crippen LogP contribution in [0, 0.1) is 0 Å².